The molecule has 1 aromatic rings. The van der Waals surface area contributed by atoms with Gasteiger partial charge in [0.15, 0.2) is 0 Å². The summed E-state index contributed by atoms with van der Waals surface area (Å²) in [5.41, 5.74) is 7.29. The van der Waals surface area contributed by atoms with E-state index in [1.165, 1.54) is 4.31 Å². The summed E-state index contributed by atoms with van der Waals surface area (Å²) in [6.07, 6.45) is 0.781. The van der Waals surface area contributed by atoms with E-state index in [9.17, 15) is 8.42 Å². The zero-order chi connectivity index (χ0) is 13.9. The summed E-state index contributed by atoms with van der Waals surface area (Å²) in [7, 11) is -1.65. The van der Waals surface area contributed by atoms with Crippen LogP contribution in [0, 0.1) is 0 Å². The Balaban J connectivity index is 2.08. The van der Waals surface area contributed by atoms with Gasteiger partial charge in [0.1, 0.15) is 0 Å². The number of hydrogen-bond donors (Lipinski definition) is 1. The lowest BCUT2D eigenvalue weighted by Gasteiger charge is -2.16. The van der Waals surface area contributed by atoms with E-state index < -0.39 is 10.0 Å². The summed E-state index contributed by atoms with van der Waals surface area (Å²) in [5, 5.41) is 0. The maximum absolute atomic E-state index is 12.3. The molecule has 0 aromatic heterocycles. The molecule has 1 aromatic carbocycles. The first-order valence-corrected chi connectivity index (χ1v) is 7.94. The summed E-state index contributed by atoms with van der Waals surface area (Å²) in [6.45, 7) is 1.41. The molecule has 1 fully saturated rings. The van der Waals surface area contributed by atoms with Gasteiger partial charge in [-0.3, -0.25) is 0 Å². The molecule has 0 bridgehead atoms. The van der Waals surface area contributed by atoms with Crippen LogP contribution in [-0.4, -0.2) is 39.0 Å². The summed E-state index contributed by atoms with van der Waals surface area (Å²) in [4.78, 5) is 0. The topological polar surface area (TPSA) is 72.6 Å². The second kappa shape index (κ2) is 6.00. The first-order chi connectivity index (χ1) is 9.05. The first kappa shape index (κ1) is 14.5. The molecule has 1 aliphatic rings. The molecule has 5 nitrogen and oxygen atoms in total. The lowest BCUT2D eigenvalue weighted by molar-refractivity contribution is 0.115. The number of nitrogens with two attached hydrogens (primary N) is 1. The molecular formula is C13H20N2O3S. The number of rotatable bonds is 5. The molecule has 2 rings (SSSR count). The highest BCUT2D eigenvalue weighted by Crippen LogP contribution is 2.19. The molecule has 0 amide bonds. The lowest BCUT2D eigenvalue weighted by Crippen LogP contribution is -2.31. The van der Waals surface area contributed by atoms with E-state index in [0.717, 1.165) is 17.5 Å². The molecule has 0 spiro atoms. The van der Waals surface area contributed by atoms with Crippen molar-refractivity contribution >= 4 is 10.0 Å². The third-order valence-corrected chi connectivity index (χ3v) is 5.23. The van der Waals surface area contributed by atoms with Crippen LogP contribution in [0.15, 0.2) is 24.3 Å². The van der Waals surface area contributed by atoms with Gasteiger partial charge < -0.3 is 10.5 Å². The van der Waals surface area contributed by atoms with Gasteiger partial charge in [-0.15, -0.1) is 0 Å². The average Bonchev–Trinajstić information content (AvgIpc) is 2.88. The zero-order valence-corrected chi connectivity index (χ0v) is 11.9. The van der Waals surface area contributed by atoms with E-state index in [-0.39, 0.29) is 11.9 Å². The summed E-state index contributed by atoms with van der Waals surface area (Å²) >= 11 is 0. The van der Waals surface area contributed by atoms with Gasteiger partial charge in [-0.25, -0.2) is 8.42 Å². The zero-order valence-electron chi connectivity index (χ0n) is 11.1. The number of sulfonamides is 1. The second-order valence-electron chi connectivity index (χ2n) is 4.78. The molecule has 1 aliphatic heterocycles. The summed E-state index contributed by atoms with van der Waals surface area (Å²) < 4.78 is 31.3. The Bertz CT molecular complexity index is 530. The summed E-state index contributed by atoms with van der Waals surface area (Å²) in [6, 6.07) is 7.41. The third kappa shape index (κ3) is 3.54. The van der Waals surface area contributed by atoms with Crippen LogP contribution in [0.25, 0.3) is 0 Å². The van der Waals surface area contributed by atoms with Crippen LogP contribution in [0.2, 0.25) is 0 Å². The van der Waals surface area contributed by atoms with Crippen LogP contribution < -0.4 is 5.73 Å². The van der Waals surface area contributed by atoms with Gasteiger partial charge in [0.2, 0.25) is 10.0 Å². The maximum Gasteiger partial charge on any atom is 0.218 e. The minimum absolute atomic E-state index is 0.0187. The molecule has 1 heterocycles. The minimum Gasteiger partial charge on any atom is -0.380 e. The van der Waals surface area contributed by atoms with Gasteiger partial charge in [-0.05, 0) is 17.5 Å². The Labute approximate surface area is 114 Å². The molecule has 106 valence electrons. The Kier molecular flexibility index (Phi) is 4.57. The van der Waals surface area contributed by atoms with Crippen LogP contribution in [0.3, 0.4) is 0 Å². The molecule has 1 unspecified atom stereocenters. The van der Waals surface area contributed by atoms with E-state index in [1.54, 1.807) is 7.11 Å². The van der Waals surface area contributed by atoms with Gasteiger partial charge in [-0.1, -0.05) is 24.3 Å². The van der Waals surface area contributed by atoms with Crippen LogP contribution in [0.4, 0.5) is 0 Å². The van der Waals surface area contributed by atoms with Gasteiger partial charge >= 0.3 is 0 Å². The van der Waals surface area contributed by atoms with Crippen molar-refractivity contribution in [3.63, 3.8) is 0 Å². The van der Waals surface area contributed by atoms with Crippen molar-refractivity contribution in [1.82, 2.24) is 4.31 Å². The highest BCUT2D eigenvalue weighted by Gasteiger charge is 2.31. The number of ether oxygens (including phenoxy) is 1. The van der Waals surface area contributed by atoms with Crippen LogP contribution in [0.5, 0.6) is 0 Å². The van der Waals surface area contributed by atoms with Gasteiger partial charge in [-0.2, -0.15) is 4.31 Å². The molecule has 0 radical (unpaired) electrons. The molecule has 0 aliphatic carbocycles. The smallest absolute Gasteiger partial charge is 0.218 e. The Hall–Kier alpha value is -0.950. The normalized spacial score (nSPS) is 20.8. The fourth-order valence-corrected chi connectivity index (χ4v) is 3.85. The average molecular weight is 284 g/mol. The minimum atomic E-state index is -3.27. The molecule has 2 N–H and O–H groups in total. The van der Waals surface area contributed by atoms with E-state index in [1.807, 2.05) is 24.3 Å². The second-order valence-corrected chi connectivity index (χ2v) is 6.75. The predicted molar refractivity (Wildman–Crippen MR) is 73.9 cm³/mol. The summed E-state index contributed by atoms with van der Waals surface area (Å²) in [5.74, 6) is 0.0251. The number of nitrogens with zero attached hydrogens (tertiary/aromatic N) is 1. The van der Waals surface area contributed by atoms with Gasteiger partial charge in [0.05, 0.1) is 11.9 Å². The predicted octanol–water partition coefficient (Wildman–Crippen LogP) is 0.696. The van der Waals surface area contributed by atoms with Crippen molar-refractivity contribution in [2.24, 2.45) is 5.73 Å². The quantitative estimate of drug-likeness (QED) is 0.863. The lowest BCUT2D eigenvalue weighted by atomic mass is 10.1. The molecule has 6 heteroatoms. The van der Waals surface area contributed by atoms with E-state index >= 15 is 0 Å². The molecule has 19 heavy (non-hydrogen) atoms. The highest BCUT2D eigenvalue weighted by atomic mass is 32.2. The van der Waals surface area contributed by atoms with Crippen LogP contribution >= 0.6 is 0 Å². The fourth-order valence-electron chi connectivity index (χ4n) is 2.29. The number of hydrogen-bond acceptors (Lipinski definition) is 4. The van der Waals surface area contributed by atoms with Crippen LogP contribution in [-0.2, 0) is 27.1 Å². The Morgan fingerprint density at radius 2 is 2.16 bits per heavy atom. The third-order valence-electron chi connectivity index (χ3n) is 3.41. The highest BCUT2D eigenvalue weighted by molar-refractivity contribution is 7.88. The maximum atomic E-state index is 12.3. The van der Waals surface area contributed by atoms with Crippen molar-refractivity contribution in [3.8, 4) is 0 Å². The van der Waals surface area contributed by atoms with Crippen molar-refractivity contribution in [2.75, 3.05) is 20.2 Å². The largest absolute Gasteiger partial charge is 0.380 e. The molecular weight excluding hydrogens is 264 g/mol. The fraction of sp³-hybridized carbons (Fsp3) is 0.538. The van der Waals surface area contributed by atoms with Gasteiger partial charge in [0.25, 0.3) is 0 Å². The molecule has 1 atom stereocenters. The van der Waals surface area contributed by atoms with Crippen molar-refractivity contribution in [1.29, 1.82) is 0 Å². The van der Waals surface area contributed by atoms with Crippen molar-refractivity contribution in [2.45, 2.75) is 24.8 Å². The SMILES string of the molecule is COC1CCN(S(=O)(=O)Cc2cccc(CN)c2)C1. The number of benzene rings is 1. The Morgan fingerprint density at radius 1 is 1.42 bits per heavy atom. The first-order valence-electron chi connectivity index (χ1n) is 6.33. The van der Waals surface area contributed by atoms with E-state index in [0.29, 0.717) is 19.6 Å². The van der Waals surface area contributed by atoms with E-state index in [2.05, 4.69) is 0 Å². The van der Waals surface area contributed by atoms with Crippen LogP contribution in [0.1, 0.15) is 17.5 Å². The van der Waals surface area contributed by atoms with Crippen molar-refractivity contribution < 1.29 is 13.2 Å². The molecule has 1 saturated heterocycles. The van der Waals surface area contributed by atoms with Gasteiger partial charge in [0, 0.05) is 26.7 Å². The molecule has 0 saturated carbocycles. The van der Waals surface area contributed by atoms with Crippen molar-refractivity contribution in [3.05, 3.63) is 35.4 Å². The monoisotopic (exact) mass is 284 g/mol. The standard InChI is InChI=1S/C13H20N2O3S/c1-18-13-5-6-15(9-13)19(16,17)10-12-4-2-3-11(7-12)8-14/h2-4,7,13H,5-6,8-10,14H2,1H3. The number of methoxy groups -OCH3 is 1. The Morgan fingerprint density at radius 3 is 2.79 bits per heavy atom. The van der Waals surface area contributed by atoms with E-state index in [4.69, 9.17) is 10.5 Å².